The van der Waals surface area contributed by atoms with E-state index >= 15 is 0 Å². The molecule has 0 saturated heterocycles. The standard InChI is InChI=1S/2C3H6O2.C3H6.H3N.2Na/c2*1-2-3(4)5;1-3-2;;;/h2*2H2,1H3,(H,4,5);3H,1H2,2H3;1H3;;/q;;;;2*+1/p-2. The first-order valence-corrected chi connectivity index (χ1v) is 3.92. The van der Waals surface area contributed by atoms with Crippen molar-refractivity contribution in [1.29, 1.82) is 0 Å². The number of allylic oxidation sites excluding steroid dienone is 1. The van der Waals surface area contributed by atoms with Crippen LogP contribution in [0.3, 0.4) is 0 Å². The Morgan fingerprint density at radius 1 is 1.06 bits per heavy atom. The molecule has 0 rings (SSSR count). The molecule has 3 N–H and O–H groups in total. The van der Waals surface area contributed by atoms with Gasteiger partial charge >= 0.3 is 59.1 Å². The van der Waals surface area contributed by atoms with Crippen molar-refractivity contribution in [3.8, 4) is 0 Å². The predicted octanol–water partition coefficient (Wildman–Crippen LogP) is -6.35. The summed E-state index contributed by atoms with van der Waals surface area (Å²) in [5.41, 5.74) is 0. The van der Waals surface area contributed by atoms with Crippen molar-refractivity contribution in [2.45, 2.75) is 33.6 Å². The number of rotatable bonds is 2. The van der Waals surface area contributed by atoms with Gasteiger partial charge in [-0.1, -0.05) is 19.9 Å². The summed E-state index contributed by atoms with van der Waals surface area (Å²) in [6.45, 7) is 8.32. The second-order valence-corrected chi connectivity index (χ2v) is 1.86. The Labute approximate surface area is 142 Å². The molecule has 0 unspecified atom stereocenters. The Kier molecular flexibility index (Phi) is 81.1. The molecule has 0 amide bonds. The molecule has 86 valence electrons. The van der Waals surface area contributed by atoms with Crippen LogP contribution in [-0.2, 0) is 9.59 Å². The van der Waals surface area contributed by atoms with E-state index < -0.39 is 11.9 Å². The molecule has 0 spiro atoms. The number of carboxylic acid groups (broad SMARTS) is 2. The molecular formula is C9H19NNa2O4. The largest absolute Gasteiger partial charge is 1.00 e. The summed E-state index contributed by atoms with van der Waals surface area (Å²) in [4.78, 5) is 18.5. The van der Waals surface area contributed by atoms with Gasteiger partial charge in [0.05, 0.1) is 0 Å². The van der Waals surface area contributed by atoms with Crippen LogP contribution in [-0.4, -0.2) is 11.9 Å². The third-order valence-corrected chi connectivity index (χ3v) is 0.577. The van der Waals surface area contributed by atoms with Crippen molar-refractivity contribution in [3.63, 3.8) is 0 Å². The zero-order chi connectivity index (χ0) is 11.3. The number of hydrogen-bond acceptors (Lipinski definition) is 5. The zero-order valence-electron chi connectivity index (χ0n) is 11.0. The molecule has 0 atom stereocenters. The van der Waals surface area contributed by atoms with Gasteiger partial charge in [0.15, 0.2) is 0 Å². The van der Waals surface area contributed by atoms with Crippen LogP contribution < -0.4 is 75.5 Å². The van der Waals surface area contributed by atoms with Gasteiger partial charge in [0.1, 0.15) is 0 Å². The molecule has 0 radical (unpaired) electrons. The number of hydrogen-bond donors (Lipinski definition) is 1. The molecule has 0 saturated carbocycles. The molecule has 16 heavy (non-hydrogen) atoms. The molecule has 0 aromatic carbocycles. The Bertz CT molecular complexity index is 140. The number of carbonyl (C=O) groups is 2. The quantitative estimate of drug-likeness (QED) is 0.387. The van der Waals surface area contributed by atoms with Gasteiger partial charge in [-0.15, -0.1) is 6.58 Å². The number of carboxylic acids is 2. The van der Waals surface area contributed by atoms with E-state index in [1.807, 2.05) is 6.92 Å². The minimum Gasteiger partial charge on any atom is -0.550 e. The third kappa shape index (κ3) is 127. The second-order valence-electron chi connectivity index (χ2n) is 1.86. The van der Waals surface area contributed by atoms with E-state index in [1.165, 1.54) is 13.8 Å². The van der Waals surface area contributed by atoms with Gasteiger partial charge < -0.3 is 26.0 Å². The van der Waals surface area contributed by atoms with Gasteiger partial charge in [-0.25, -0.2) is 0 Å². The molecule has 0 aromatic rings. The second kappa shape index (κ2) is 36.1. The monoisotopic (exact) mass is 251 g/mol. The fourth-order valence-electron chi connectivity index (χ4n) is 0. The molecule has 5 nitrogen and oxygen atoms in total. The van der Waals surface area contributed by atoms with Crippen molar-refractivity contribution in [2.24, 2.45) is 0 Å². The average molecular weight is 251 g/mol. The summed E-state index contributed by atoms with van der Waals surface area (Å²) < 4.78 is 0. The summed E-state index contributed by atoms with van der Waals surface area (Å²) in [6.07, 6.45) is 1.97. The topological polar surface area (TPSA) is 115 Å². The van der Waals surface area contributed by atoms with Crippen LogP contribution in [0.5, 0.6) is 0 Å². The van der Waals surface area contributed by atoms with Gasteiger partial charge in [-0.3, -0.25) is 0 Å². The van der Waals surface area contributed by atoms with E-state index in [1.54, 1.807) is 6.08 Å². The first-order valence-electron chi connectivity index (χ1n) is 3.92. The Morgan fingerprint density at radius 2 is 1.12 bits per heavy atom. The Hall–Kier alpha value is 0.640. The van der Waals surface area contributed by atoms with Crippen molar-refractivity contribution < 1.29 is 78.9 Å². The van der Waals surface area contributed by atoms with Gasteiger partial charge in [-0.2, -0.15) is 0 Å². The van der Waals surface area contributed by atoms with E-state index in [-0.39, 0.29) is 78.1 Å². The first-order chi connectivity index (χ1) is 5.95. The summed E-state index contributed by atoms with van der Waals surface area (Å²) in [6, 6.07) is 0. The van der Waals surface area contributed by atoms with Crippen LogP contribution in [0.4, 0.5) is 0 Å². The number of aliphatic carboxylic acids is 2. The Balaban J connectivity index is -0.0000000220. The van der Waals surface area contributed by atoms with E-state index in [4.69, 9.17) is 0 Å². The van der Waals surface area contributed by atoms with E-state index in [0.717, 1.165) is 0 Å². The molecular weight excluding hydrogens is 232 g/mol. The van der Waals surface area contributed by atoms with Crippen molar-refractivity contribution in [1.82, 2.24) is 6.15 Å². The molecule has 7 heteroatoms. The van der Waals surface area contributed by atoms with E-state index in [9.17, 15) is 19.8 Å². The van der Waals surface area contributed by atoms with Gasteiger partial charge in [-0.05, 0) is 19.8 Å². The molecule has 0 aliphatic heterocycles. The van der Waals surface area contributed by atoms with Crippen molar-refractivity contribution in [3.05, 3.63) is 12.7 Å². The maximum Gasteiger partial charge on any atom is 1.00 e. The van der Waals surface area contributed by atoms with Crippen LogP contribution in [0.25, 0.3) is 0 Å². The smallest absolute Gasteiger partial charge is 0.550 e. The molecule has 0 bridgehead atoms. The maximum absolute atomic E-state index is 9.26. The van der Waals surface area contributed by atoms with Crippen LogP contribution in [0.15, 0.2) is 12.7 Å². The summed E-state index contributed by atoms with van der Waals surface area (Å²) in [5.74, 6) is -1.99. The minimum absolute atomic E-state index is 0. The molecule has 0 aliphatic rings. The van der Waals surface area contributed by atoms with Gasteiger partial charge in [0.25, 0.3) is 0 Å². The maximum atomic E-state index is 9.26. The van der Waals surface area contributed by atoms with Crippen LogP contribution >= 0.6 is 0 Å². The summed E-state index contributed by atoms with van der Waals surface area (Å²) in [7, 11) is 0. The minimum atomic E-state index is -0.995. The molecule has 0 heterocycles. The number of carbonyl (C=O) groups excluding carboxylic acids is 2. The fraction of sp³-hybridized carbons (Fsp3) is 0.556. The SMILES string of the molecule is C=CC.CCC(=O)[O-].CCC(=O)[O-].N.[Na+].[Na+]. The van der Waals surface area contributed by atoms with E-state index in [2.05, 4.69) is 6.58 Å². The zero-order valence-corrected chi connectivity index (χ0v) is 15.0. The van der Waals surface area contributed by atoms with Crippen molar-refractivity contribution in [2.75, 3.05) is 0 Å². The first kappa shape index (κ1) is 36.0. The molecule has 0 aliphatic carbocycles. The summed E-state index contributed by atoms with van der Waals surface area (Å²) >= 11 is 0. The van der Waals surface area contributed by atoms with E-state index in [0.29, 0.717) is 0 Å². The third-order valence-electron chi connectivity index (χ3n) is 0.577. The van der Waals surface area contributed by atoms with Gasteiger partial charge in [0.2, 0.25) is 0 Å². The van der Waals surface area contributed by atoms with Crippen LogP contribution in [0.1, 0.15) is 33.6 Å². The van der Waals surface area contributed by atoms with Gasteiger partial charge in [0, 0.05) is 11.9 Å². The fourth-order valence-corrected chi connectivity index (χ4v) is 0. The Morgan fingerprint density at radius 3 is 1.12 bits per heavy atom. The average Bonchev–Trinajstić information content (AvgIpc) is 2.07. The normalized spacial score (nSPS) is 5.44. The van der Waals surface area contributed by atoms with Crippen LogP contribution in [0.2, 0.25) is 0 Å². The molecule has 0 fully saturated rings. The predicted molar refractivity (Wildman–Crippen MR) is 51.5 cm³/mol. The molecule has 0 aromatic heterocycles. The summed E-state index contributed by atoms with van der Waals surface area (Å²) in [5, 5.41) is 18.5. The van der Waals surface area contributed by atoms with Crippen molar-refractivity contribution >= 4 is 11.9 Å². The van der Waals surface area contributed by atoms with Crippen LogP contribution in [0, 0.1) is 0 Å².